The Labute approximate surface area is 174 Å². The van der Waals surface area contributed by atoms with Crippen LogP contribution in [0.15, 0.2) is 59.1 Å². The molecular formula is C22H25BrN2O3. The molecule has 1 saturated heterocycles. The lowest BCUT2D eigenvalue weighted by Gasteiger charge is -2.33. The van der Waals surface area contributed by atoms with Gasteiger partial charge in [-0.25, -0.2) is 0 Å². The van der Waals surface area contributed by atoms with E-state index in [1.54, 1.807) is 13.2 Å². The van der Waals surface area contributed by atoms with Gasteiger partial charge in [0.25, 0.3) is 0 Å². The Kier molecular flexibility index (Phi) is 7.65. The van der Waals surface area contributed by atoms with E-state index in [9.17, 15) is 4.79 Å². The number of morpholine rings is 1. The number of rotatable bonds is 7. The normalized spacial score (nSPS) is 17.6. The molecule has 1 N–H and O–H groups in total. The summed E-state index contributed by atoms with van der Waals surface area (Å²) in [5.41, 5.74) is 2.13. The van der Waals surface area contributed by atoms with Crippen molar-refractivity contribution in [3.05, 3.63) is 70.2 Å². The van der Waals surface area contributed by atoms with Gasteiger partial charge in [-0.2, -0.15) is 0 Å². The summed E-state index contributed by atoms with van der Waals surface area (Å²) in [6, 6.07) is 16.1. The molecule has 5 nitrogen and oxygen atoms in total. The summed E-state index contributed by atoms with van der Waals surface area (Å²) in [6.07, 6.45) is 3.27. The average Bonchev–Trinajstić information content (AvgIpc) is 2.72. The highest BCUT2D eigenvalue weighted by Gasteiger charge is 2.20. The van der Waals surface area contributed by atoms with Crippen molar-refractivity contribution in [2.75, 3.05) is 33.4 Å². The second-order valence-electron chi connectivity index (χ2n) is 6.68. The minimum atomic E-state index is -0.147. The predicted octanol–water partition coefficient (Wildman–Crippen LogP) is 3.49. The Morgan fingerprint density at radius 3 is 2.93 bits per heavy atom. The van der Waals surface area contributed by atoms with Gasteiger partial charge >= 0.3 is 0 Å². The molecule has 0 bridgehead atoms. The number of nitrogens with zero attached hydrogens (tertiary/aromatic N) is 1. The van der Waals surface area contributed by atoms with Gasteiger partial charge in [-0.3, -0.25) is 9.69 Å². The maximum Gasteiger partial charge on any atom is 0.244 e. The molecule has 1 fully saturated rings. The number of amides is 1. The van der Waals surface area contributed by atoms with E-state index in [0.717, 1.165) is 35.4 Å². The topological polar surface area (TPSA) is 50.8 Å². The van der Waals surface area contributed by atoms with Gasteiger partial charge in [0.1, 0.15) is 5.75 Å². The van der Waals surface area contributed by atoms with Gasteiger partial charge in [-0.05, 0) is 29.8 Å². The van der Waals surface area contributed by atoms with Gasteiger partial charge in [-0.15, -0.1) is 0 Å². The Balaban J connectivity index is 1.48. The largest absolute Gasteiger partial charge is 0.496 e. The molecule has 0 saturated carbocycles. The fraction of sp³-hybridized carbons (Fsp3) is 0.318. The molecule has 2 aromatic carbocycles. The van der Waals surface area contributed by atoms with E-state index in [4.69, 9.17) is 9.47 Å². The van der Waals surface area contributed by atoms with Gasteiger partial charge < -0.3 is 14.8 Å². The summed E-state index contributed by atoms with van der Waals surface area (Å²) in [4.78, 5) is 14.6. The van der Waals surface area contributed by atoms with E-state index < -0.39 is 0 Å². The fourth-order valence-electron chi connectivity index (χ4n) is 3.16. The highest BCUT2D eigenvalue weighted by Crippen LogP contribution is 2.24. The molecule has 0 aliphatic carbocycles. The monoisotopic (exact) mass is 444 g/mol. The number of hydrogen-bond donors (Lipinski definition) is 1. The fourth-order valence-corrected chi connectivity index (χ4v) is 3.54. The third-order valence-electron chi connectivity index (χ3n) is 4.58. The zero-order chi connectivity index (χ0) is 19.8. The third kappa shape index (κ3) is 6.19. The number of methoxy groups -OCH3 is 1. The summed E-state index contributed by atoms with van der Waals surface area (Å²) in [7, 11) is 1.61. The number of halogens is 1. The maximum absolute atomic E-state index is 12.2. The van der Waals surface area contributed by atoms with Crippen LogP contribution in [0.1, 0.15) is 11.1 Å². The van der Waals surface area contributed by atoms with Crippen LogP contribution < -0.4 is 10.1 Å². The molecule has 1 atom stereocenters. The van der Waals surface area contributed by atoms with Crippen molar-refractivity contribution in [2.45, 2.75) is 12.6 Å². The summed E-state index contributed by atoms with van der Waals surface area (Å²) in [5, 5.41) is 2.93. The van der Waals surface area contributed by atoms with Crippen LogP contribution in [0.3, 0.4) is 0 Å². The van der Waals surface area contributed by atoms with Crippen LogP contribution >= 0.6 is 15.9 Å². The molecule has 1 amide bonds. The van der Waals surface area contributed by atoms with E-state index in [-0.39, 0.29) is 12.0 Å². The van der Waals surface area contributed by atoms with Gasteiger partial charge in [0.05, 0.1) is 19.8 Å². The van der Waals surface area contributed by atoms with Crippen LogP contribution in [-0.2, 0) is 16.1 Å². The highest BCUT2D eigenvalue weighted by atomic mass is 79.9. The molecule has 6 heteroatoms. The average molecular weight is 445 g/mol. The van der Waals surface area contributed by atoms with Crippen LogP contribution in [0.2, 0.25) is 0 Å². The molecule has 0 radical (unpaired) electrons. The summed E-state index contributed by atoms with van der Waals surface area (Å²) in [5.74, 6) is 0.574. The minimum absolute atomic E-state index is 0.00443. The van der Waals surface area contributed by atoms with Crippen LogP contribution in [0.4, 0.5) is 0 Å². The highest BCUT2D eigenvalue weighted by molar-refractivity contribution is 9.10. The Hall–Kier alpha value is -2.15. The molecule has 1 heterocycles. The molecular weight excluding hydrogens is 420 g/mol. The van der Waals surface area contributed by atoms with E-state index in [2.05, 4.69) is 50.4 Å². The SMILES string of the molecule is COc1ccc(Br)cc1/C=C/C(=O)NCC1CN(Cc2ccccc2)CCO1. The van der Waals surface area contributed by atoms with Crippen molar-refractivity contribution in [3.63, 3.8) is 0 Å². The van der Waals surface area contributed by atoms with Crippen LogP contribution in [0, 0.1) is 0 Å². The zero-order valence-electron chi connectivity index (χ0n) is 15.9. The molecule has 0 aromatic heterocycles. The predicted molar refractivity (Wildman–Crippen MR) is 114 cm³/mol. The second-order valence-corrected chi connectivity index (χ2v) is 7.59. The van der Waals surface area contributed by atoms with Crippen LogP contribution in [-0.4, -0.2) is 50.3 Å². The Morgan fingerprint density at radius 1 is 1.32 bits per heavy atom. The van der Waals surface area contributed by atoms with Gasteiger partial charge in [0.15, 0.2) is 0 Å². The van der Waals surface area contributed by atoms with Gasteiger partial charge in [0, 0.05) is 42.3 Å². The van der Waals surface area contributed by atoms with Crippen LogP contribution in [0.5, 0.6) is 5.75 Å². The second kappa shape index (κ2) is 10.4. The van der Waals surface area contributed by atoms with E-state index >= 15 is 0 Å². The number of ether oxygens (including phenoxy) is 2. The van der Waals surface area contributed by atoms with Crippen molar-refractivity contribution < 1.29 is 14.3 Å². The molecule has 0 spiro atoms. The Bertz CT molecular complexity index is 811. The number of carbonyl (C=O) groups is 1. The first-order chi connectivity index (χ1) is 13.6. The first-order valence-corrected chi connectivity index (χ1v) is 10.1. The first kappa shape index (κ1) is 20.6. The lowest BCUT2D eigenvalue weighted by Crippen LogP contribution is -2.46. The van der Waals surface area contributed by atoms with Crippen molar-refractivity contribution in [2.24, 2.45) is 0 Å². The van der Waals surface area contributed by atoms with Crippen molar-refractivity contribution in [3.8, 4) is 5.75 Å². The number of nitrogens with one attached hydrogen (secondary N) is 1. The van der Waals surface area contributed by atoms with Crippen molar-refractivity contribution in [1.29, 1.82) is 0 Å². The molecule has 3 rings (SSSR count). The minimum Gasteiger partial charge on any atom is -0.496 e. The summed E-state index contributed by atoms with van der Waals surface area (Å²) in [6.45, 7) is 3.78. The van der Waals surface area contributed by atoms with E-state index in [1.807, 2.05) is 24.3 Å². The smallest absolute Gasteiger partial charge is 0.244 e. The molecule has 1 aliphatic heterocycles. The van der Waals surface area contributed by atoms with Gasteiger partial charge in [-0.1, -0.05) is 46.3 Å². The Morgan fingerprint density at radius 2 is 2.14 bits per heavy atom. The van der Waals surface area contributed by atoms with E-state index in [1.165, 1.54) is 11.6 Å². The summed E-state index contributed by atoms with van der Waals surface area (Å²) >= 11 is 3.43. The lowest BCUT2D eigenvalue weighted by atomic mass is 10.2. The van der Waals surface area contributed by atoms with Crippen molar-refractivity contribution in [1.82, 2.24) is 10.2 Å². The molecule has 1 aliphatic rings. The van der Waals surface area contributed by atoms with E-state index in [0.29, 0.717) is 13.2 Å². The van der Waals surface area contributed by atoms with Crippen molar-refractivity contribution >= 4 is 27.9 Å². The zero-order valence-corrected chi connectivity index (χ0v) is 17.5. The maximum atomic E-state index is 12.2. The summed E-state index contributed by atoms with van der Waals surface area (Å²) < 4.78 is 12.1. The number of benzene rings is 2. The standard InChI is InChI=1S/C22H25BrN2O3/c1-27-21-9-8-19(23)13-18(21)7-10-22(26)24-14-20-16-25(11-12-28-20)15-17-5-3-2-4-6-17/h2-10,13,20H,11-12,14-16H2,1H3,(H,24,26)/b10-7+. The lowest BCUT2D eigenvalue weighted by molar-refractivity contribution is -0.117. The number of carbonyl (C=O) groups excluding carboxylic acids is 1. The molecule has 2 aromatic rings. The van der Waals surface area contributed by atoms with Gasteiger partial charge in [0.2, 0.25) is 5.91 Å². The quantitative estimate of drug-likeness (QED) is 0.664. The third-order valence-corrected chi connectivity index (χ3v) is 5.08. The number of hydrogen-bond acceptors (Lipinski definition) is 4. The molecule has 28 heavy (non-hydrogen) atoms. The van der Waals surface area contributed by atoms with Crippen LogP contribution in [0.25, 0.3) is 6.08 Å². The molecule has 148 valence electrons. The molecule has 1 unspecified atom stereocenters. The first-order valence-electron chi connectivity index (χ1n) is 9.31.